The summed E-state index contributed by atoms with van der Waals surface area (Å²) in [5.74, 6) is 0.810. The maximum atomic E-state index is 11.6. The van der Waals surface area contributed by atoms with Crippen molar-refractivity contribution in [3.63, 3.8) is 0 Å². The summed E-state index contributed by atoms with van der Waals surface area (Å²) in [5.41, 5.74) is 0.755. The average Bonchev–Trinajstić information content (AvgIpc) is 3.04. The lowest BCUT2D eigenvalue weighted by Crippen LogP contribution is -2.17. The first-order valence-corrected chi connectivity index (χ1v) is 7.21. The monoisotopic (exact) mass is 296 g/mol. The number of rotatable bonds is 6. The fourth-order valence-corrected chi connectivity index (χ4v) is 2.17. The highest BCUT2D eigenvalue weighted by Gasteiger charge is 2.20. The Morgan fingerprint density at radius 3 is 2.95 bits per heavy atom. The number of aryl methyl sites for hydroxylation is 1. The molecule has 0 saturated heterocycles. The summed E-state index contributed by atoms with van der Waals surface area (Å²) >= 11 is 1.18. The molecule has 2 aromatic heterocycles. The number of carbonyl (C=O) groups excluding carboxylic acids is 1. The van der Waals surface area contributed by atoms with Gasteiger partial charge in [0.05, 0.1) is 18.4 Å². The van der Waals surface area contributed by atoms with Crippen molar-refractivity contribution >= 4 is 17.7 Å². The number of hydrogen-bond acceptors (Lipinski definition) is 7. The van der Waals surface area contributed by atoms with Crippen LogP contribution in [0, 0.1) is 6.92 Å². The third-order valence-electron chi connectivity index (χ3n) is 2.55. The van der Waals surface area contributed by atoms with Gasteiger partial charge >= 0.3 is 5.97 Å². The summed E-state index contributed by atoms with van der Waals surface area (Å²) < 4.78 is 15.7. The van der Waals surface area contributed by atoms with E-state index in [-0.39, 0.29) is 11.2 Å². The van der Waals surface area contributed by atoms with E-state index in [0.29, 0.717) is 23.5 Å². The molecule has 0 saturated carbocycles. The molecule has 0 aliphatic heterocycles. The Labute approximate surface area is 120 Å². The quantitative estimate of drug-likeness (QED) is 0.598. The third-order valence-corrected chi connectivity index (χ3v) is 3.47. The van der Waals surface area contributed by atoms with Crippen LogP contribution in [0.5, 0.6) is 0 Å². The molecule has 0 amide bonds. The standard InChI is InChI=1S/C13H16N2O4S/c1-4-6-18-12(16)9(3)20-13-15-14-11(19-13)10-5-7-17-8(10)2/h5,7,9H,4,6H2,1-3H3. The molecular formula is C13H16N2O4S. The lowest BCUT2D eigenvalue weighted by atomic mass is 10.3. The van der Waals surface area contributed by atoms with Gasteiger partial charge in [-0.05, 0) is 26.3 Å². The summed E-state index contributed by atoms with van der Waals surface area (Å²) in [4.78, 5) is 11.6. The van der Waals surface area contributed by atoms with Crippen molar-refractivity contribution < 1.29 is 18.4 Å². The van der Waals surface area contributed by atoms with Crippen LogP contribution in [0.1, 0.15) is 26.0 Å². The van der Waals surface area contributed by atoms with Crippen molar-refractivity contribution in [2.45, 2.75) is 37.7 Å². The molecule has 20 heavy (non-hydrogen) atoms. The highest BCUT2D eigenvalue weighted by molar-refractivity contribution is 8.00. The molecular weight excluding hydrogens is 280 g/mol. The highest BCUT2D eigenvalue weighted by Crippen LogP contribution is 2.28. The molecule has 2 rings (SSSR count). The van der Waals surface area contributed by atoms with Gasteiger partial charge in [0.2, 0.25) is 0 Å². The van der Waals surface area contributed by atoms with E-state index in [0.717, 1.165) is 12.0 Å². The molecule has 0 bridgehead atoms. The second kappa shape index (κ2) is 6.60. The average molecular weight is 296 g/mol. The topological polar surface area (TPSA) is 78.4 Å². The molecule has 0 N–H and O–H groups in total. The summed E-state index contributed by atoms with van der Waals surface area (Å²) in [5, 5.41) is 7.80. The Bertz CT molecular complexity index is 578. The molecule has 0 aromatic carbocycles. The second-order valence-electron chi connectivity index (χ2n) is 4.19. The Morgan fingerprint density at radius 1 is 1.50 bits per heavy atom. The molecule has 0 aliphatic carbocycles. The summed E-state index contributed by atoms with van der Waals surface area (Å²) in [6.45, 7) is 5.93. The van der Waals surface area contributed by atoms with Crippen LogP contribution in [0.25, 0.3) is 11.5 Å². The van der Waals surface area contributed by atoms with Gasteiger partial charge in [-0.1, -0.05) is 18.7 Å². The van der Waals surface area contributed by atoms with E-state index in [2.05, 4.69) is 10.2 Å². The molecule has 1 atom stereocenters. The number of thioether (sulfide) groups is 1. The van der Waals surface area contributed by atoms with Crippen LogP contribution in [0.4, 0.5) is 0 Å². The van der Waals surface area contributed by atoms with Gasteiger partial charge in [-0.2, -0.15) is 0 Å². The first kappa shape index (κ1) is 14.6. The number of aromatic nitrogens is 2. The lowest BCUT2D eigenvalue weighted by molar-refractivity contribution is -0.142. The van der Waals surface area contributed by atoms with E-state index >= 15 is 0 Å². The molecule has 0 spiro atoms. The van der Waals surface area contributed by atoms with Crippen LogP contribution in [0.15, 0.2) is 26.4 Å². The first-order valence-electron chi connectivity index (χ1n) is 6.33. The van der Waals surface area contributed by atoms with Gasteiger partial charge in [-0.3, -0.25) is 4.79 Å². The molecule has 0 aliphatic rings. The van der Waals surface area contributed by atoms with Crippen molar-refractivity contribution in [2.24, 2.45) is 0 Å². The van der Waals surface area contributed by atoms with Gasteiger partial charge in [-0.25, -0.2) is 0 Å². The van der Waals surface area contributed by atoms with Crippen LogP contribution in [0.3, 0.4) is 0 Å². The smallest absolute Gasteiger partial charge is 0.319 e. The van der Waals surface area contributed by atoms with Gasteiger partial charge in [0.15, 0.2) is 0 Å². The minimum atomic E-state index is -0.389. The van der Waals surface area contributed by atoms with E-state index in [1.807, 2.05) is 13.8 Å². The molecule has 1 unspecified atom stereocenters. The third kappa shape index (κ3) is 3.41. The van der Waals surface area contributed by atoms with Crippen LogP contribution < -0.4 is 0 Å². The Hall–Kier alpha value is -1.76. The number of hydrogen-bond donors (Lipinski definition) is 0. The lowest BCUT2D eigenvalue weighted by Gasteiger charge is -2.07. The van der Waals surface area contributed by atoms with E-state index in [1.165, 1.54) is 11.8 Å². The first-order chi connectivity index (χ1) is 9.61. The van der Waals surface area contributed by atoms with Crippen molar-refractivity contribution in [1.29, 1.82) is 0 Å². The summed E-state index contributed by atoms with van der Waals surface area (Å²) in [6, 6.07) is 1.76. The Balaban J connectivity index is 1.99. The van der Waals surface area contributed by atoms with Gasteiger partial charge in [0.1, 0.15) is 11.0 Å². The van der Waals surface area contributed by atoms with Crippen molar-refractivity contribution in [3.05, 3.63) is 18.1 Å². The van der Waals surface area contributed by atoms with E-state index < -0.39 is 0 Å². The van der Waals surface area contributed by atoms with E-state index in [1.54, 1.807) is 19.3 Å². The van der Waals surface area contributed by atoms with E-state index in [9.17, 15) is 4.79 Å². The zero-order valence-electron chi connectivity index (χ0n) is 11.6. The number of nitrogens with zero attached hydrogens (tertiary/aromatic N) is 2. The van der Waals surface area contributed by atoms with Gasteiger partial charge < -0.3 is 13.6 Å². The Kier molecular flexibility index (Phi) is 4.84. The van der Waals surface area contributed by atoms with Crippen molar-refractivity contribution in [2.75, 3.05) is 6.61 Å². The highest BCUT2D eigenvalue weighted by atomic mass is 32.2. The number of furan rings is 1. The maximum absolute atomic E-state index is 11.6. The molecule has 108 valence electrons. The molecule has 0 fully saturated rings. The predicted molar refractivity (Wildman–Crippen MR) is 73.3 cm³/mol. The molecule has 6 nitrogen and oxygen atoms in total. The Morgan fingerprint density at radius 2 is 2.30 bits per heavy atom. The molecule has 0 radical (unpaired) electrons. The van der Waals surface area contributed by atoms with Gasteiger partial charge in [0, 0.05) is 0 Å². The normalized spacial score (nSPS) is 12.3. The minimum Gasteiger partial charge on any atom is -0.469 e. The SMILES string of the molecule is CCCOC(=O)C(C)Sc1nnc(-c2ccoc2C)o1. The number of esters is 1. The zero-order chi connectivity index (χ0) is 14.5. The van der Waals surface area contributed by atoms with Crippen LogP contribution in [-0.2, 0) is 9.53 Å². The minimum absolute atomic E-state index is 0.281. The van der Waals surface area contributed by atoms with Crippen LogP contribution in [-0.4, -0.2) is 28.0 Å². The van der Waals surface area contributed by atoms with Gasteiger partial charge in [0.25, 0.3) is 11.1 Å². The van der Waals surface area contributed by atoms with Crippen LogP contribution >= 0.6 is 11.8 Å². The molecule has 7 heteroatoms. The zero-order valence-corrected chi connectivity index (χ0v) is 12.4. The van der Waals surface area contributed by atoms with Crippen molar-refractivity contribution in [3.8, 4) is 11.5 Å². The van der Waals surface area contributed by atoms with Crippen molar-refractivity contribution in [1.82, 2.24) is 10.2 Å². The molecule has 2 heterocycles. The van der Waals surface area contributed by atoms with Gasteiger partial charge in [-0.15, -0.1) is 10.2 Å². The number of carbonyl (C=O) groups is 1. The fourth-order valence-electron chi connectivity index (χ4n) is 1.49. The van der Waals surface area contributed by atoms with Crippen LogP contribution in [0.2, 0.25) is 0 Å². The number of ether oxygens (including phenoxy) is 1. The maximum Gasteiger partial charge on any atom is 0.319 e. The molecule has 2 aromatic rings. The summed E-state index contributed by atoms with van der Waals surface area (Å²) in [6.07, 6.45) is 2.36. The fraction of sp³-hybridized carbons (Fsp3) is 0.462. The summed E-state index contributed by atoms with van der Waals surface area (Å²) in [7, 11) is 0. The van der Waals surface area contributed by atoms with E-state index in [4.69, 9.17) is 13.6 Å². The largest absolute Gasteiger partial charge is 0.469 e. The second-order valence-corrected chi connectivity index (χ2v) is 5.48. The predicted octanol–water partition coefficient (Wildman–Crippen LogP) is 3.07.